The Kier molecular flexibility index (Phi) is 4.03. The molecule has 1 aromatic rings. The molecule has 0 aromatic heterocycles. The van der Waals surface area contributed by atoms with Gasteiger partial charge in [0.2, 0.25) is 5.91 Å². The van der Waals surface area contributed by atoms with Crippen molar-refractivity contribution >= 4 is 17.7 Å². The highest BCUT2D eigenvalue weighted by molar-refractivity contribution is 8.00. The van der Waals surface area contributed by atoms with Crippen LogP contribution in [0.15, 0.2) is 24.3 Å². The first kappa shape index (κ1) is 14.0. The maximum Gasteiger partial charge on any atom is 0.237 e. The monoisotopic (exact) mass is 290 g/mol. The summed E-state index contributed by atoms with van der Waals surface area (Å²) in [5.41, 5.74) is 2.61. The van der Waals surface area contributed by atoms with E-state index in [1.807, 2.05) is 11.8 Å². The number of carbonyl (C=O) groups excluding carboxylic acids is 1. The van der Waals surface area contributed by atoms with Crippen molar-refractivity contribution in [2.24, 2.45) is 0 Å². The van der Waals surface area contributed by atoms with E-state index in [1.165, 1.54) is 29.7 Å². The van der Waals surface area contributed by atoms with Crippen LogP contribution in [-0.4, -0.2) is 29.0 Å². The predicted octanol–water partition coefficient (Wildman–Crippen LogP) is 2.10. The molecule has 0 bridgehead atoms. The Morgan fingerprint density at radius 3 is 3.00 bits per heavy atom. The molecule has 2 heterocycles. The minimum absolute atomic E-state index is 0.0834. The van der Waals surface area contributed by atoms with Crippen LogP contribution in [0.1, 0.15) is 30.9 Å². The number of amides is 1. The Morgan fingerprint density at radius 1 is 1.45 bits per heavy atom. The SMILES string of the molecule is CC1(CNC(=O)[C@H]2Cc3ccccc3CN2)CCCS1. The van der Waals surface area contributed by atoms with E-state index in [2.05, 4.69) is 41.8 Å². The molecule has 20 heavy (non-hydrogen) atoms. The first-order chi connectivity index (χ1) is 9.66. The Morgan fingerprint density at radius 2 is 2.25 bits per heavy atom. The van der Waals surface area contributed by atoms with Gasteiger partial charge >= 0.3 is 0 Å². The number of hydrogen-bond acceptors (Lipinski definition) is 3. The Balaban J connectivity index is 1.56. The third-order valence-electron chi connectivity index (χ3n) is 4.33. The number of fused-ring (bicyclic) bond motifs is 1. The van der Waals surface area contributed by atoms with E-state index in [4.69, 9.17) is 0 Å². The minimum Gasteiger partial charge on any atom is -0.353 e. The van der Waals surface area contributed by atoms with Gasteiger partial charge in [-0.2, -0.15) is 11.8 Å². The van der Waals surface area contributed by atoms with E-state index in [0.29, 0.717) is 0 Å². The molecule has 1 unspecified atom stereocenters. The molecule has 0 spiro atoms. The molecule has 0 aliphatic carbocycles. The number of benzene rings is 1. The van der Waals surface area contributed by atoms with Crippen molar-refractivity contribution in [3.8, 4) is 0 Å². The molecule has 1 amide bonds. The lowest BCUT2D eigenvalue weighted by Crippen LogP contribution is -2.50. The summed E-state index contributed by atoms with van der Waals surface area (Å²) >= 11 is 1.99. The van der Waals surface area contributed by atoms with E-state index in [9.17, 15) is 4.79 Å². The molecule has 0 radical (unpaired) electrons. The van der Waals surface area contributed by atoms with Gasteiger partial charge in [0.25, 0.3) is 0 Å². The van der Waals surface area contributed by atoms with Gasteiger partial charge in [-0.05, 0) is 43.1 Å². The van der Waals surface area contributed by atoms with Crippen molar-refractivity contribution in [1.29, 1.82) is 0 Å². The number of thioether (sulfide) groups is 1. The second-order valence-electron chi connectivity index (χ2n) is 6.03. The molecule has 2 aliphatic heterocycles. The van der Waals surface area contributed by atoms with Crippen LogP contribution in [0.3, 0.4) is 0 Å². The fraction of sp³-hybridized carbons (Fsp3) is 0.562. The summed E-state index contributed by atoms with van der Waals surface area (Å²) in [4.78, 5) is 12.3. The number of nitrogens with one attached hydrogen (secondary N) is 2. The van der Waals surface area contributed by atoms with Gasteiger partial charge in [0.1, 0.15) is 0 Å². The molecule has 2 atom stereocenters. The van der Waals surface area contributed by atoms with Gasteiger partial charge in [0, 0.05) is 17.8 Å². The fourth-order valence-electron chi connectivity index (χ4n) is 3.01. The average molecular weight is 290 g/mol. The maximum absolute atomic E-state index is 12.3. The van der Waals surface area contributed by atoms with E-state index in [1.54, 1.807) is 0 Å². The van der Waals surface area contributed by atoms with E-state index in [0.717, 1.165) is 19.5 Å². The van der Waals surface area contributed by atoms with Gasteiger partial charge in [-0.25, -0.2) is 0 Å². The largest absolute Gasteiger partial charge is 0.353 e. The van der Waals surface area contributed by atoms with Crippen molar-refractivity contribution in [3.05, 3.63) is 35.4 Å². The summed E-state index contributed by atoms with van der Waals surface area (Å²) in [5.74, 6) is 1.37. The molecule has 4 heteroatoms. The fourth-order valence-corrected chi connectivity index (χ4v) is 4.26. The number of hydrogen-bond donors (Lipinski definition) is 2. The van der Waals surface area contributed by atoms with Crippen molar-refractivity contribution in [2.45, 2.75) is 43.5 Å². The first-order valence-electron chi connectivity index (χ1n) is 7.38. The molecule has 3 rings (SSSR count). The molecular formula is C16H22N2OS. The molecule has 1 aromatic carbocycles. The predicted molar refractivity (Wildman–Crippen MR) is 83.9 cm³/mol. The highest BCUT2D eigenvalue weighted by Gasteiger charge is 2.31. The van der Waals surface area contributed by atoms with Crippen molar-refractivity contribution in [3.63, 3.8) is 0 Å². The van der Waals surface area contributed by atoms with Crippen LogP contribution in [0.25, 0.3) is 0 Å². The van der Waals surface area contributed by atoms with Gasteiger partial charge < -0.3 is 10.6 Å². The van der Waals surface area contributed by atoms with E-state index < -0.39 is 0 Å². The third kappa shape index (κ3) is 3.01. The maximum atomic E-state index is 12.3. The zero-order chi connectivity index (χ0) is 14.0. The van der Waals surface area contributed by atoms with E-state index >= 15 is 0 Å². The number of rotatable bonds is 3. The molecule has 2 aliphatic rings. The molecule has 1 fully saturated rings. The normalized spacial score (nSPS) is 28.9. The summed E-state index contributed by atoms with van der Waals surface area (Å²) in [6, 6.07) is 8.28. The van der Waals surface area contributed by atoms with Gasteiger partial charge in [-0.1, -0.05) is 24.3 Å². The van der Waals surface area contributed by atoms with Crippen molar-refractivity contribution in [2.75, 3.05) is 12.3 Å². The third-order valence-corrected chi connectivity index (χ3v) is 5.87. The highest BCUT2D eigenvalue weighted by atomic mass is 32.2. The second kappa shape index (κ2) is 5.78. The zero-order valence-electron chi connectivity index (χ0n) is 11.9. The Labute approximate surface area is 124 Å². The smallest absolute Gasteiger partial charge is 0.237 e. The van der Waals surface area contributed by atoms with Crippen LogP contribution in [0, 0.1) is 0 Å². The summed E-state index contributed by atoms with van der Waals surface area (Å²) < 4.78 is 0.238. The van der Waals surface area contributed by atoms with Crippen LogP contribution >= 0.6 is 11.8 Å². The molecule has 3 nitrogen and oxygen atoms in total. The second-order valence-corrected chi connectivity index (χ2v) is 7.71. The highest BCUT2D eigenvalue weighted by Crippen LogP contribution is 2.36. The summed E-state index contributed by atoms with van der Waals surface area (Å²) in [6.45, 7) is 3.84. The molecule has 108 valence electrons. The van der Waals surface area contributed by atoms with Gasteiger partial charge in [0.15, 0.2) is 0 Å². The Hall–Kier alpha value is -1.00. The summed E-state index contributed by atoms with van der Waals surface area (Å²) in [7, 11) is 0. The lowest BCUT2D eigenvalue weighted by Gasteiger charge is -2.28. The average Bonchev–Trinajstić information content (AvgIpc) is 2.91. The van der Waals surface area contributed by atoms with Gasteiger partial charge in [-0.3, -0.25) is 4.79 Å². The lowest BCUT2D eigenvalue weighted by atomic mass is 9.95. The van der Waals surface area contributed by atoms with Crippen LogP contribution in [-0.2, 0) is 17.8 Å². The molecule has 2 N–H and O–H groups in total. The zero-order valence-corrected chi connectivity index (χ0v) is 12.8. The van der Waals surface area contributed by atoms with Gasteiger partial charge in [-0.15, -0.1) is 0 Å². The minimum atomic E-state index is -0.0834. The van der Waals surface area contributed by atoms with Crippen LogP contribution in [0.5, 0.6) is 0 Å². The first-order valence-corrected chi connectivity index (χ1v) is 8.37. The van der Waals surface area contributed by atoms with Crippen LogP contribution in [0.4, 0.5) is 0 Å². The topological polar surface area (TPSA) is 41.1 Å². The lowest BCUT2D eigenvalue weighted by molar-refractivity contribution is -0.123. The standard InChI is InChI=1S/C16H22N2OS/c1-16(7-4-8-20-16)11-18-15(19)14-9-12-5-2-3-6-13(12)10-17-14/h2-3,5-6,14,17H,4,7-11H2,1H3,(H,18,19)/t14-,16?/m1/s1. The quantitative estimate of drug-likeness (QED) is 0.896. The van der Waals surface area contributed by atoms with E-state index in [-0.39, 0.29) is 16.7 Å². The van der Waals surface area contributed by atoms with Crippen molar-refractivity contribution < 1.29 is 4.79 Å². The van der Waals surface area contributed by atoms with Crippen LogP contribution < -0.4 is 10.6 Å². The molecular weight excluding hydrogens is 268 g/mol. The summed E-state index contributed by atoms with van der Waals surface area (Å²) in [6.07, 6.45) is 3.27. The molecule has 1 saturated heterocycles. The Bertz CT molecular complexity index is 497. The molecule has 0 saturated carbocycles. The summed E-state index contributed by atoms with van der Waals surface area (Å²) in [5, 5.41) is 6.49. The van der Waals surface area contributed by atoms with Crippen molar-refractivity contribution in [1.82, 2.24) is 10.6 Å². The number of carbonyl (C=O) groups is 1. The van der Waals surface area contributed by atoms with Gasteiger partial charge in [0.05, 0.1) is 6.04 Å². The van der Waals surface area contributed by atoms with Crippen LogP contribution in [0.2, 0.25) is 0 Å².